The van der Waals surface area contributed by atoms with Crippen molar-refractivity contribution >= 4 is 11.6 Å². The number of benzene rings is 1. The van der Waals surface area contributed by atoms with Crippen LogP contribution >= 0.6 is 11.6 Å². The summed E-state index contributed by atoms with van der Waals surface area (Å²) in [6.45, 7) is 4.30. The van der Waals surface area contributed by atoms with Crippen molar-refractivity contribution in [1.29, 1.82) is 0 Å². The van der Waals surface area contributed by atoms with Gasteiger partial charge in [0.25, 0.3) is 0 Å². The van der Waals surface area contributed by atoms with Gasteiger partial charge in [-0.25, -0.2) is 0 Å². The van der Waals surface area contributed by atoms with Crippen molar-refractivity contribution in [3.8, 4) is 11.5 Å². The van der Waals surface area contributed by atoms with E-state index >= 15 is 0 Å². The van der Waals surface area contributed by atoms with E-state index in [0.29, 0.717) is 12.5 Å². The minimum atomic E-state index is 0.258. The summed E-state index contributed by atoms with van der Waals surface area (Å²) in [5.74, 6) is 1.94. The average molecular weight is 282 g/mol. The second kappa shape index (κ2) is 4.88. The SMILES string of the molecule is CC(CCN)c1cc2c(cc1Cl)OCC1(CC1)CO2. The predicted molar refractivity (Wildman–Crippen MR) is 76.2 cm³/mol. The van der Waals surface area contributed by atoms with Crippen LogP contribution in [0.4, 0.5) is 0 Å². The van der Waals surface area contributed by atoms with Gasteiger partial charge in [-0.05, 0) is 43.4 Å². The summed E-state index contributed by atoms with van der Waals surface area (Å²) in [5.41, 5.74) is 6.98. The zero-order chi connectivity index (χ0) is 13.5. The number of nitrogens with two attached hydrogens (primary N) is 1. The normalized spacial score (nSPS) is 21.0. The Morgan fingerprint density at radius 3 is 2.47 bits per heavy atom. The number of fused-ring (bicyclic) bond motifs is 1. The molecule has 19 heavy (non-hydrogen) atoms. The number of hydrogen-bond acceptors (Lipinski definition) is 3. The van der Waals surface area contributed by atoms with Crippen LogP contribution in [0.1, 0.15) is 37.7 Å². The number of hydrogen-bond donors (Lipinski definition) is 1. The van der Waals surface area contributed by atoms with E-state index in [1.54, 1.807) is 0 Å². The molecule has 2 N–H and O–H groups in total. The van der Waals surface area contributed by atoms with Gasteiger partial charge < -0.3 is 15.2 Å². The van der Waals surface area contributed by atoms with Crippen LogP contribution in [0.3, 0.4) is 0 Å². The summed E-state index contributed by atoms with van der Waals surface area (Å²) in [6.07, 6.45) is 3.32. The van der Waals surface area contributed by atoms with Crippen LogP contribution in [0.25, 0.3) is 0 Å². The molecule has 2 aliphatic rings. The molecule has 4 heteroatoms. The molecule has 1 aliphatic carbocycles. The lowest BCUT2D eigenvalue weighted by Crippen LogP contribution is -2.17. The fourth-order valence-electron chi connectivity index (χ4n) is 2.53. The van der Waals surface area contributed by atoms with Gasteiger partial charge in [-0.2, -0.15) is 0 Å². The molecule has 1 spiro atoms. The standard InChI is InChI=1S/C15H20ClNO2/c1-10(2-5-17)11-6-13-14(7-12(11)16)19-9-15(3-4-15)8-18-13/h6-7,10H,2-5,8-9,17H2,1H3. The molecule has 104 valence electrons. The van der Waals surface area contributed by atoms with Crippen molar-refractivity contribution in [2.24, 2.45) is 11.1 Å². The summed E-state index contributed by atoms with van der Waals surface area (Å²) in [6, 6.07) is 3.92. The molecule has 1 heterocycles. The lowest BCUT2D eigenvalue weighted by atomic mass is 9.97. The molecule has 0 bridgehead atoms. The van der Waals surface area contributed by atoms with Crippen LogP contribution in [0.2, 0.25) is 5.02 Å². The number of halogens is 1. The average Bonchev–Trinajstić information content (AvgIpc) is 3.18. The summed E-state index contributed by atoms with van der Waals surface area (Å²) < 4.78 is 11.8. The predicted octanol–water partition coefficient (Wildman–Crippen LogP) is 3.34. The van der Waals surface area contributed by atoms with Crippen LogP contribution in [0.15, 0.2) is 12.1 Å². The Morgan fingerprint density at radius 2 is 1.89 bits per heavy atom. The Labute approximate surface area is 119 Å². The highest BCUT2D eigenvalue weighted by atomic mass is 35.5. The molecule has 1 aliphatic heterocycles. The van der Waals surface area contributed by atoms with Crippen LogP contribution in [0.5, 0.6) is 11.5 Å². The van der Waals surface area contributed by atoms with E-state index in [2.05, 4.69) is 6.92 Å². The molecule has 1 saturated carbocycles. The summed E-state index contributed by atoms with van der Waals surface area (Å²) in [7, 11) is 0. The maximum Gasteiger partial charge on any atom is 0.162 e. The first-order valence-electron chi connectivity index (χ1n) is 6.93. The molecule has 3 nitrogen and oxygen atoms in total. The van der Waals surface area contributed by atoms with Gasteiger partial charge in [-0.1, -0.05) is 18.5 Å². The largest absolute Gasteiger partial charge is 0.489 e. The van der Waals surface area contributed by atoms with Crippen LogP contribution in [0, 0.1) is 5.41 Å². The fraction of sp³-hybridized carbons (Fsp3) is 0.600. The minimum absolute atomic E-state index is 0.258. The van der Waals surface area contributed by atoms with Gasteiger partial charge in [-0.3, -0.25) is 0 Å². The van der Waals surface area contributed by atoms with Crippen molar-refractivity contribution in [3.63, 3.8) is 0 Å². The molecular weight excluding hydrogens is 262 g/mol. The van der Waals surface area contributed by atoms with E-state index in [-0.39, 0.29) is 5.41 Å². The Morgan fingerprint density at radius 1 is 1.26 bits per heavy atom. The fourth-order valence-corrected chi connectivity index (χ4v) is 2.87. The van der Waals surface area contributed by atoms with E-state index in [4.69, 9.17) is 26.8 Å². The van der Waals surface area contributed by atoms with E-state index in [1.807, 2.05) is 12.1 Å². The molecule has 1 fully saturated rings. The lowest BCUT2D eigenvalue weighted by molar-refractivity contribution is 0.197. The maximum atomic E-state index is 6.36. The van der Waals surface area contributed by atoms with Gasteiger partial charge in [0.15, 0.2) is 11.5 Å². The van der Waals surface area contributed by atoms with Crippen molar-refractivity contribution < 1.29 is 9.47 Å². The third kappa shape index (κ3) is 2.54. The topological polar surface area (TPSA) is 44.5 Å². The van der Waals surface area contributed by atoms with E-state index < -0.39 is 0 Å². The van der Waals surface area contributed by atoms with Gasteiger partial charge in [0, 0.05) is 16.5 Å². The van der Waals surface area contributed by atoms with Crippen LogP contribution in [-0.2, 0) is 0 Å². The molecule has 1 unspecified atom stereocenters. The van der Waals surface area contributed by atoms with Crippen LogP contribution < -0.4 is 15.2 Å². The first-order chi connectivity index (χ1) is 9.13. The van der Waals surface area contributed by atoms with Gasteiger partial charge in [0.05, 0.1) is 13.2 Å². The Hall–Kier alpha value is -0.930. The Bertz CT molecular complexity index is 485. The minimum Gasteiger partial charge on any atom is -0.489 e. The second-order valence-electron chi connectivity index (χ2n) is 5.88. The van der Waals surface area contributed by atoms with E-state index in [1.165, 1.54) is 12.8 Å². The molecule has 0 radical (unpaired) electrons. The number of rotatable bonds is 3. The summed E-state index contributed by atoms with van der Waals surface area (Å²) in [5, 5.41) is 0.745. The molecular formula is C15H20ClNO2. The van der Waals surface area contributed by atoms with Gasteiger partial charge in [0.2, 0.25) is 0 Å². The van der Waals surface area contributed by atoms with Gasteiger partial charge in [0.1, 0.15) is 0 Å². The van der Waals surface area contributed by atoms with Crippen molar-refractivity contribution in [3.05, 3.63) is 22.7 Å². The van der Waals surface area contributed by atoms with Crippen molar-refractivity contribution in [1.82, 2.24) is 0 Å². The van der Waals surface area contributed by atoms with Gasteiger partial charge in [-0.15, -0.1) is 0 Å². The highest BCUT2D eigenvalue weighted by molar-refractivity contribution is 6.31. The van der Waals surface area contributed by atoms with Crippen molar-refractivity contribution in [2.75, 3.05) is 19.8 Å². The van der Waals surface area contributed by atoms with Crippen LogP contribution in [-0.4, -0.2) is 19.8 Å². The van der Waals surface area contributed by atoms with Crippen molar-refractivity contribution in [2.45, 2.75) is 32.1 Å². The second-order valence-corrected chi connectivity index (χ2v) is 6.28. The highest BCUT2D eigenvalue weighted by Crippen LogP contribution is 2.50. The maximum absolute atomic E-state index is 6.36. The smallest absolute Gasteiger partial charge is 0.162 e. The Balaban J connectivity index is 1.88. The third-order valence-corrected chi connectivity index (χ3v) is 4.55. The zero-order valence-corrected chi connectivity index (χ0v) is 12.0. The first-order valence-corrected chi connectivity index (χ1v) is 7.30. The molecule has 1 aromatic carbocycles. The summed E-state index contributed by atoms with van der Waals surface area (Å²) in [4.78, 5) is 0. The monoisotopic (exact) mass is 281 g/mol. The highest BCUT2D eigenvalue weighted by Gasteiger charge is 2.46. The molecule has 0 amide bonds. The van der Waals surface area contributed by atoms with E-state index in [9.17, 15) is 0 Å². The zero-order valence-electron chi connectivity index (χ0n) is 11.2. The first kappa shape index (κ1) is 13.1. The summed E-state index contributed by atoms with van der Waals surface area (Å²) >= 11 is 6.36. The van der Waals surface area contributed by atoms with E-state index in [0.717, 1.165) is 41.7 Å². The molecule has 0 aromatic heterocycles. The molecule has 0 saturated heterocycles. The molecule has 1 aromatic rings. The quantitative estimate of drug-likeness (QED) is 0.924. The number of ether oxygens (including phenoxy) is 2. The Kier molecular flexibility index (Phi) is 3.35. The molecule has 1 atom stereocenters. The van der Waals surface area contributed by atoms with Gasteiger partial charge >= 0.3 is 0 Å². The third-order valence-electron chi connectivity index (χ3n) is 4.22. The molecule has 3 rings (SSSR count). The lowest BCUT2D eigenvalue weighted by Gasteiger charge is -2.16.